The first kappa shape index (κ1) is 96.9. The van der Waals surface area contributed by atoms with Crippen molar-refractivity contribution >= 4 is 54.2 Å². The Morgan fingerprint density at radius 1 is 0.280 bits per heavy atom. The van der Waals surface area contributed by atoms with Crippen LogP contribution >= 0.6 is 0 Å². The first-order valence-corrected chi connectivity index (χ1v) is 26.6. The molecule has 0 fully saturated rings. The van der Waals surface area contributed by atoms with Crippen molar-refractivity contribution in [3.63, 3.8) is 0 Å². The summed E-state index contributed by atoms with van der Waals surface area (Å²) in [5, 5.41) is 81.5. The van der Waals surface area contributed by atoms with Gasteiger partial charge in [0.2, 0.25) is 6.41 Å². The molecular weight excluding hydrogens is 1480 g/mol. The summed E-state index contributed by atoms with van der Waals surface area (Å²) < 4.78 is 34.0. The van der Waals surface area contributed by atoms with Crippen LogP contribution in [0.25, 0.3) is 34.2 Å². The largest absolute Gasteiger partial charge is 3.00 e. The van der Waals surface area contributed by atoms with Gasteiger partial charge in [-0.1, -0.05) is 60.7 Å². The summed E-state index contributed by atoms with van der Waals surface area (Å²) in [6, 6.07) is 48.9. The van der Waals surface area contributed by atoms with Gasteiger partial charge in [0, 0.05) is 51.3 Å². The molecule has 0 aliphatic heterocycles. The molecule has 0 saturated heterocycles. The van der Waals surface area contributed by atoms with E-state index in [9.17, 15) is 84.0 Å². The van der Waals surface area contributed by atoms with Crippen LogP contribution in [0.3, 0.4) is 0 Å². The summed E-state index contributed by atoms with van der Waals surface area (Å²) in [5.74, 6) is -12.1. The molecule has 1 amide bonds. The zero-order valence-corrected chi connectivity index (χ0v) is 54.6. The summed E-state index contributed by atoms with van der Waals surface area (Å²) in [4.78, 5) is 130. The first-order chi connectivity index (χ1) is 44.6. The average molecular weight is 1530 g/mol. The molecule has 39 heteroatoms. The summed E-state index contributed by atoms with van der Waals surface area (Å²) in [6.07, 6.45) is 11.4. The van der Waals surface area contributed by atoms with Gasteiger partial charge in [0.15, 0.2) is 0 Å². The summed E-state index contributed by atoms with van der Waals surface area (Å²) in [5.41, 5.74) is 2.13. The SMILES string of the molecule is CN(C)C=O.O.O.O.O=C([O-])c1cccc(C(=O)[O-])n1.O=C([O-])c1cccc(C(=O)[O-])n1.O=C([O-])c1cccc(C(=O)[O-])n1.O=C([O-])c1cccc(C(=O)[O-])n1.[Co+3].[Co+3].[Co+3].[O-][Cl+3]([O-])([O-])[O-].c1ccc(-c2ccccn2)nc1.c1ccc(-c2ccccn2)nc1.c1ccc(-c2ccccn2)nc1. The first-order valence-electron chi connectivity index (χ1n) is 25.4. The fraction of sp³-hybridized carbons (Fsp3) is 0.0328. The third-order valence-electron chi connectivity index (χ3n) is 9.66. The minimum Gasteiger partial charge on any atom is -0.543 e. The molecule has 0 unspecified atom stereocenters. The van der Waals surface area contributed by atoms with E-state index in [1.165, 1.54) is 29.2 Å². The molecule has 10 rings (SSSR count). The Bertz CT molecular complexity index is 3350. The van der Waals surface area contributed by atoms with Crippen molar-refractivity contribution in [2.45, 2.75) is 0 Å². The average Bonchev–Trinajstić information content (AvgIpc) is 1.10. The number of carbonyl (C=O) groups excluding carboxylic acids is 9. The number of carboxylic acids is 8. The Kier molecular flexibility index (Phi) is 51.8. The molecule has 0 aliphatic carbocycles. The van der Waals surface area contributed by atoms with E-state index in [0.29, 0.717) is 0 Å². The summed E-state index contributed by atoms with van der Waals surface area (Å²) in [7, 11) is -1.57. The van der Waals surface area contributed by atoms with Crippen LogP contribution in [0.5, 0.6) is 0 Å². The number of carbonyl (C=O) groups is 9. The molecule has 0 saturated carbocycles. The molecule has 10 aromatic rings. The Labute approximate surface area is 598 Å². The molecule has 35 nitrogen and oxygen atoms in total. The van der Waals surface area contributed by atoms with Gasteiger partial charge in [-0.15, -0.1) is 10.2 Å². The van der Waals surface area contributed by atoms with Gasteiger partial charge in [-0.25, -0.2) is 38.6 Å². The second kappa shape index (κ2) is 53.4. The van der Waals surface area contributed by atoms with E-state index in [1.807, 2.05) is 109 Å². The molecular formula is C61H49ClCo3N11O24. The molecule has 10 aromatic heterocycles. The van der Waals surface area contributed by atoms with E-state index in [-0.39, 0.29) is 66.8 Å². The number of hydrogen-bond acceptors (Lipinski definition) is 31. The Morgan fingerprint density at radius 2 is 0.400 bits per heavy atom. The molecule has 526 valence electrons. The van der Waals surface area contributed by atoms with Crippen molar-refractivity contribution in [1.82, 2.24) is 54.7 Å². The molecule has 6 N–H and O–H groups in total. The quantitative estimate of drug-likeness (QED) is 0.103. The van der Waals surface area contributed by atoms with Crippen LogP contribution in [0.15, 0.2) is 219 Å². The molecule has 0 bridgehead atoms. The van der Waals surface area contributed by atoms with E-state index < -0.39 is 104 Å². The molecule has 100 heavy (non-hydrogen) atoms. The van der Waals surface area contributed by atoms with Crippen LogP contribution in [0, 0.1) is 10.2 Å². The Hall–Kier alpha value is -11.7. The van der Waals surface area contributed by atoms with Gasteiger partial charge in [-0.3, -0.25) is 34.7 Å². The van der Waals surface area contributed by atoms with Crippen LogP contribution in [0.2, 0.25) is 0 Å². The van der Waals surface area contributed by atoms with Crippen molar-refractivity contribution in [1.29, 1.82) is 0 Å². The second-order valence-corrected chi connectivity index (χ2v) is 17.4. The van der Waals surface area contributed by atoms with E-state index in [0.717, 1.165) is 89.1 Å². The number of pyridine rings is 10. The predicted molar refractivity (Wildman–Crippen MR) is 305 cm³/mol. The van der Waals surface area contributed by atoms with E-state index in [1.54, 1.807) is 51.3 Å². The van der Waals surface area contributed by atoms with E-state index in [4.69, 9.17) is 18.6 Å². The van der Waals surface area contributed by atoms with Gasteiger partial charge >= 0.3 is 50.3 Å². The van der Waals surface area contributed by atoms with E-state index in [2.05, 4.69) is 49.8 Å². The Balaban J connectivity index is -0.000000340. The third-order valence-corrected chi connectivity index (χ3v) is 9.66. The van der Waals surface area contributed by atoms with Crippen LogP contribution in [-0.2, 0) is 55.1 Å². The Morgan fingerprint density at radius 3 is 0.480 bits per heavy atom. The summed E-state index contributed by atoms with van der Waals surface area (Å²) >= 11 is 0. The number of hydrogen-bond donors (Lipinski definition) is 0. The van der Waals surface area contributed by atoms with Gasteiger partial charge in [0.05, 0.1) is 127 Å². The number of aromatic nitrogens is 10. The van der Waals surface area contributed by atoms with E-state index >= 15 is 0 Å². The molecule has 10 heterocycles. The predicted octanol–water partition coefficient (Wildman–Crippen LogP) is -9.87. The van der Waals surface area contributed by atoms with Crippen LogP contribution in [-0.4, -0.2) is 139 Å². The number of halogens is 1. The normalized spacial score (nSPS) is 8.90. The number of carboxylic acid groups (broad SMARTS) is 8. The topological polar surface area (TPSA) is 657 Å². The monoisotopic (exact) mass is 1530 g/mol. The van der Waals surface area contributed by atoms with Crippen molar-refractivity contribution in [3.8, 4) is 34.2 Å². The number of nitrogens with zero attached hydrogens (tertiary/aromatic N) is 11. The molecule has 0 radical (unpaired) electrons. The van der Waals surface area contributed by atoms with Crippen LogP contribution in [0.4, 0.5) is 0 Å². The number of aromatic carboxylic acids is 8. The molecule has 0 aromatic carbocycles. The van der Waals surface area contributed by atoms with Gasteiger partial charge in [-0.05, 0) is 121 Å². The number of rotatable bonds is 12. The third kappa shape index (κ3) is 41.9. The maximum atomic E-state index is 10.2. The standard InChI is InChI=1S/3C10H8N2.4C7H5NO4.C3H7NO.ClHO4.3Co.3H2O/c3*1-3-7-11-9(5-1)10-6-2-4-8-12-10;4*9-6(10)4-2-1-3-5(8-4)7(11)12;1-4(2)3-5;2-1(3,4)5;;;;;;/h3*1-8H;4*1-3H,(H,9,10)(H,11,12);3H,1-2H3;(H,2,3,4,5);;;;3*1H2/q;;;;;;;;;3*+3;;;/p-9. The van der Waals surface area contributed by atoms with Crippen LogP contribution in [0.1, 0.15) is 83.9 Å². The van der Waals surface area contributed by atoms with Gasteiger partial charge in [-0.2, -0.15) is 0 Å². The molecule has 0 atom stereocenters. The van der Waals surface area contributed by atoms with Gasteiger partial charge in [0.1, 0.15) is 0 Å². The maximum Gasteiger partial charge on any atom is 3.00 e. The smallest absolute Gasteiger partial charge is 0.543 e. The van der Waals surface area contributed by atoms with Crippen LogP contribution < -0.4 is 59.5 Å². The summed E-state index contributed by atoms with van der Waals surface area (Å²) in [6.45, 7) is 0. The second-order valence-electron chi connectivity index (χ2n) is 16.7. The molecule has 0 spiro atoms. The van der Waals surface area contributed by atoms with Crippen molar-refractivity contribution in [2.24, 2.45) is 0 Å². The maximum absolute atomic E-state index is 10.2. The zero-order chi connectivity index (χ0) is 70.0. The minimum absolute atomic E-state index is 0. The van der Waals surface area contributed by atoms with Crippen molar-refractivity contribution in [2.75, 3.05) is 14.1 Å². The van der Waals surface area contributed by atoms with Crippen molar-refractivity contribution < 1.29 is 180 Å². The molecule has 0 aliphatic rings. The fourth-order valence-electron chi connectivity index (χ4n) is 5.73. The minimum atomic E-state index is -4.94. The van der Waals surface area contributed by atoms with Crippen molar-refractivity contribution in [3.05, 3.63) is 265 Å². The zero-order valence-electron chi connectivity index (χ0n) is 50.7. The van der Waals surface area contributed by atoms with Gasteiger partial charge < -0.3 is 101 Å². The number of amides is 1. The fourth-order valence-corrected chi connectivity index (χ4v) is 5.73. The van der Waals surface area contributed by atoms with Gasteiger partial charge in [0.25, 0.3) is 0 Å².